The van der Waals surface area contributed by atoms with Crippen molar-refractivity contribution in [2.24, 2.45) is 5.73 Å². The number of likely N-dealkylation sites (tertiary alicyclic amines) is 1. The van der Waals surface area contributed by atoms with Crippen molar-refractivity contribution in [1.29, 1.82) is 0 Å². The van der Waals surface area contributed by atoms with Crippen molar-refractivity contribution < 1.29 is 28.7 Å². The van der Waals surface area contributed by atoms with Crippen LogP contribution >= 0.6 is 11.8 Å². The van der Waals surface area contributed by atoms with E-state index in [9.17, 15) is 19.2 Å². The molecule has 1 aromatic rings. The molecule has 3 rings (SSSR count). The lowest BCUT2D eigenvalue weighted by Crippen LogP contribution is -2.42. The Bertz CT molecular complexity index is 908. The third-order valence-corrected chi connectivity index (χ3v) is 5.89. The van der Waals surface area contributed by atoms with Gasteiger partial charge in [0, 0.05) is 13.1 Å². The lowest BCUT2D eigenvalue weighted by atomic mass is 10.2. The molecule has 0 aromatic heterocycles. The summed E-state index contributed by atoms with van der Waals surface area (Å²) in [4.78, 5) is 51.5. The van der Waals surface area contributed by atoms with E-state index < -0.39 is 17.1 Å². The molecule has 166 valence electrons. The molecule has 2 N–H and O–H groups in total. The molecule has 2 aliphatic heterocycles. The third kappa shape index (κ3) is 5.78. The minimum Gasteiger partial charge on any atom is -0.493 e. The summed E-state index contributed by atoms with van der Waals surface area (Å²) in [6.07, 6.45) is 5.61. The van der Waals surface area contributed by atoms with Gasteiger partial charge in [-0.05, 0) is 48.4 Å². The number of imide groups is 1. The maximum atomic E-state index is 12.7. The number of primary amides is 1. The second-order valence-electron chi connectivity index (χ2n) is 7.23. The van der Waals surface area contributed by atoms with Gasteiger partial charge >= 0.3 is 0 Å². The Kier molecular flexibility index (Phi) is 7.56. The van der Waals surface area contributed by atoms with Gasteiger partial charge in [-0.25, -0.2) is 0 Å². The van der Waals surface area contributed by atoms with Gasteiger partial charge < -0.3 is 20.1 Å². The van der Waals surface area contributed by atoms with Crippen LogP contribution in [0.15, 0.2) is 23.1 Å². The highest BCUT2D eigenvalue weighted by molar-refractivity contribution is 8.18. The number of amides is 4. The zero-order valence-corrected chi connectivity index (χ0v) is 18.1. The average molecular weight is 448 g/mol. The van der Waals surface area contributed by atoms with E-state index in [2.05, 4.69) is 0 Å². The largest absolute Gasteiger partial charge is 0.493 e. The molecule has 0 atom stereocenters. The summed E-state index contributed by atoms with van der Waals surface area (Å²) in [5, 5.41) is -0.465. The van der Waals surface area contributed by atoms with Gasteiger partial charge in [0.25, 0.3) is 17.1 Å². The predicted octanol–water partition coefficient (Wildman–Crippen LogP) is 2.00. The molecule has 0 bridgehead atoms. The van der Waals surface area contributed by atoms with Gasteiger partial charge in [0.15, 0.2) is 18.1 Å². The number of rotatable bonds is 7. The molecule has 2 heterocycles. The van der Waals surface area contributed by atoms with Crippen molar-refractivity contribution in [1.82, 2.24) is 9.80 Å². The van der Waals surface area contributed by atoms with Gasteiger partial charge in [0.1, 0.15) is 6.54 Å². The van der Waals surface area contributed by atoms with Crippen LogP contribution in [-0.4, -0.2) is 66.1 Å². The van der Waals surface area contributed by atoms with Crippen LogP contribution in [0.25, 0.3) is 6.08 Å². The van der Waals surface area contributed by atoms with Crippen LogP contribution in [0.1, 0.15) is 31.2 Å². The Morgan fingerprint density at radius 1 is 1.13 bits per heavy atom. The Balaban J connectivity index is 1.70. The molecule has 10 heteroatoms. The summed E-state index contributed by atoms with van der Waals surface area (Å²) < 4.78 is 10.5. The lowest BCUT2D eigenvalue weighted by molar-refractivity contribution is -0.135. The predicted molar refractivity (Wildman–Crippen MR) is 115 cm³/mol. The van der Waals surface area contributed by atoms with Crippen molar-refractivity contribution >= 4 is 40.8 Å². The molecule has 1 aromatic carbocycles. The van der Waals surface area contributed by atoms with E-state index in [0.29, 0.717) is 30.2 Å². The maximum absolute atomic E-state index is 12.7. The Hall–Kier alpha value is -3.01. The summed E-state index contributed by atoms with van der Waals surface area (Å²) in [7, 11) is 1.44. The highest BCUT2D eigenvalue weighted by atomic mass is 32.2. The molecule has 0 radical (unpaired) electrons. The van der Waals surface area contributed by atoms with E-state index >= 15 is 0 Å². The quantitative estimate of drug-likeness (QED) is 0.635. The summed E-state index contributed by atoms with van der Waals surface area (Å²) >= 11 is 0.796. The third-order valence-electron chi connectivity index (χ3n) is 4.98. The summed E-state index contributed by atoms with van der Waals surface area (Å²) in [5.74, 6) is -0.635. The number of methoxy groups -OCH3 is 1. The molecule has 31 heavy (non-hydrogen) atoms. The molecule has 0 spiro atoms. The Morgan fingerprint density at radius 2 is 1.84 bits per heavy atom. The van der Waals surface area contributed by atoms with E-state index in [1.807, 2.05) is 0 Å². The van der Waals surface area contributed by atoms with Crippen LogP contribution in [0, 0.1) is 0 Å². The second-order valence-corrected chi connectivity index (χ2v) is 8.22. The van der Waals surface area contributed by atoms with Crippen LogP contribution in [-0.2, 0) is 14.4 Å². The van der Waals surface area contributed by atoms with Gasteiger partial charge in [0.05, 0.1) is 12.0 Å². The van der Waals surface area contributed by atoms with Crippen molar-refractivity contribution in [2.45, 2.75) is 25.7 Å². The summed E-state index contributed by atoms with van der Waals surface area (Å²) in [5.41, 5.74) is 5.69. The molecule has 0 aliphatic carbocycles. The van der Waals surface area contributed by atoms with Gasteiger partial charge in [-0.1, -0.05) is 18.9 Å². The first-order valence-electron chi connectivity index (χ1n) is 10.0. The number of hydrogen-bond acceptors (Lipinski definition) is 7. The number of thioether (sulfide) groups is 1. The van der Waals surface area contributed by atoms with E-state index in [1.54, 1.807) is 29.2 Å². The minimum atomic E-state index is -0.616. The fourth-order valence-corrected chi connectivity index (χ4v) is 4.22. The maximum Gasteiger partial charge on any atom is 0.294 e. The molecular formula is C21H25N3O6S. The number of benzene rings is 1. The van der Waals surface area contributed by atoms with Crippen LogP contribution in [0.4, 0.5) is 4.79 Å². The summed E-state index contributed by atoms with van der Waals surface area (Å²) in [6.45, 7) is 0.786. The molecule has 0 saturated carbocycles. The minimum absolute atomic E-state index is 0.205. The van der Waals surface area contributed by atoms with E-state index in [-0.39, 0.29) is 24.0 Å². The normalized spacial score (nSPS) is 18.3. The molecule has 0 unspecified atom stereocenters. The fourth-order valence-electron chi connectivity index (χ4n) is 3.39. The molecule has 2 aliphatic rings. The monoisotopic (exact) mass is 447 g/mol. The number of hydrogen-bond donors (Lipinski definition) is 1. The highest BCUT2D eigenvalue weighted by Gasteiger charge is 2.37. The molecular weight excluding hydrogens is 422 g/mol. The first kappa shape index (κ1) is 22.7. The van der Waals surface area contributed by atoms with Crippen LogP contribution in [0.2, 0.25) is 0 Å². The van der Waals surface area contributed by atoms with E-state index in [0.717, 1.165) is 42.3 Å². The molecule has 2 saturated heterocycles. The van der Waals surface area contributed by atoms with Crippen molar-refractivity contribution in [3.63, 3.8) is 0 Å². The van der Waals surface area contributed by atoms with Crippen LogP contribution in [0.5, 0.6) is 11.5 Å². The van der Waals surface area contributed by atoms with Gasteiger partial charge in [-0.15, -0.1) is 0 Å². The van der Waals surface area contributed by atoms with Crippen LogP contribution < -0.4 is 15.2 Å². The van der Waals surface area contributed by atoms with E-state index in [4.69, 9.17) is 15.2 Å². The van der Waals surface area contributed by atoms with Gasteiger partial charge in [-0.3, -0.25) is 24.1 Å². The zero-order chi connectivity index (χ0) is 22.4. The van der Waals surface area contributed by atoms with Crippen molar-refractivity contribution in [2.75, 3.05) is 33.4 Å². The van der Waals surface area contributed by atoms with E-state index in [1.165, 1.54) is 7.11 Å². The molecule has 2 fully saturated rings. The van der Waals surface area contributed by atoms with Crippen LogP contribution in [0.3, 0.4) is 0 Å². The number of carbonyl (C=O) groups is 4. The number of nitrogens with zero attached hydrogens (tertiary/aromatic N) is 2. The number of nitrogens with two attached hydrogens (primary N) is 1. The first-order valence-corrected chi connectivity index (χ1v) is 10.8. The van der Waals surface area contributed by atoms with Gasteiger partial charge in [-0.2, -0.15) is 0 Å². The smallest absolute Gasteiger partial charge is 0.294 e. The topological polar surface area (TPSA) is 119 Å². The number of carbonyl (C=O) groups excluding carboxylic acids is 4. The first-order chi connectivity index (χ1) is 14.9. The Morgan fingerprint density at radius 3 is 2.48 bits per heavy atom. The number of ether oxygens (including phenoxy) is 2. The van der Waals surface area contributed by atoms with Gasteiger partial charge in [0.2, 0.25) is 5.91 Å². The standard InChI is InChI=1S/C21H25N3O6S/c1-29-16-10-14(6-7-15(16)30-13-18(22)25)11-17-20(27)24(21(28)31-17)12-19(26)23-8-4-2-3-5-9-23/h6-7,10-11H,2-5,8-9,12-13H2,1H3,(H2,22,25)/b17-11+. The molecule has 4 amide bonds. The summed E-state index contributed by atoms with van der Waals surface area (Å²) in [6, 6.07) is 4.86. The average Bonchev–Trinajstić information content (AvgIpc) is 2.95. The highest BCUT2D eigenvalue weighted by Crippen LogP contribution is 2.34. The second kappa shape index (κ2) is 10.3. The van der Waals surface area contributed by atoms with Crippen molar-refractivity contribution in [3.05, 3.63) is 28.7 Å². The molecule has 9 nitrogen and oxygen atoms in total. The Labute approximate surface area is 184 Å². The SMILES string of the molecule is COc1cc(/C=C2/SC(=O)N(CC(=O)N3CCCCCC3)C2=O)ccc1OCC(N)=O. The zero-order valence-electron chi connectivity index (χ0n) is 17.3. The van der Waals surface area contributed by atoms with Crippen molar-refractivity contribution in [3.8, 4) is 11.5 Å². The fraction of sp³-hybridized carbons (Fsp3) is 0.429. The lowest BCUT2D eigenvalue weighted by Gasteiger charge is -2.22.